The lowest BCUT2D eigenvalue weighted by atomic mass is 10.1. The maximum Gasteiger partial charge on any atom is 0.224 e. The first-order valence-corrected chi connectivity index (χ1v) is 31.1. The molecule has 0 saturated carbocycles. The number of rotatable bonds is 11. The Bertz CT molecular complexity index is 4690. The van der Waals surface area contributed by atoms with E-state index in [4.69, 9.17) is 66.5 Å². The number of hydrogen-bond donors (Lipinski definition) is 8. The molecule has 0 radical (unpaired) electrons. The molecule has 0 bridgehead atoms. The van der Waals surface area contributed by atoms with Gasteiger partial charge in [-0.25, -0.2) is 19.9 Å². The average molecular weight is 1330 g/mol. The smallest absolute Gasteiger partial charge is 0.224 e. The van der Waals surface area contributed by atoms with Gasteiger partial charge in [0.1, 0.15) is 23.3 Å². The Hall–Kier alpha value is -12.1. The molecule has 16 N–H and O–H groups in total. The van der Waals surface area contributed by atoms with Gasteiger partial charge in [-0.1, -0.05) is 112 Å². The second-order valence-corrected chi connectivity index (χ2v) is 23.3. The number of benzene rings is 6. The van der Waals surface area contributed by atoms with Crippen LogP contribution in [-0.2, 0) is 0 Å². The molecule has 0 saturated heterocycles. The Morgan fingerprint density at radius 2 is 0.702 bits per heavy atom. The van der Waals surface area contributed by atoms with Gasteiger partial charge in [0.2, 0.25) is 50.1 Å². The highest BCUT2D eigenvalue weighted by Gasteiger charge is 2.16. The van der Waals surface area contributed by atoms with Crippen LogP contribution in [0.25, 0.3) is 40.9 Å². The predicted octanol–water partition coefficient (Wildman–Crippen LogP) is 10.0. The molecule has 0 spiro atoms. The van der Waals surface area contributed by atoms with Gasteiger partial charge >= 0.3 is 0 Å². The lowest BCUT2D eigenvalue weighted by Gasteiger charge is -2.13. The van der Waals surface area contributed by atoms with Crippen LogP contribution < -0.4 is 60.1 Å². The molecule has 0 aliphatic heterocycles. The van der Waals surface area contributed by atoms with Gasteiger partial charge in [0.15, 0.2) is 11.5 Å². The van der Waals surface area contributed by atoms with Crippen LogP contribution in [-0.4, -0.2) is 98.4 Å². The van der Waals surface area contributed by atoms with Gasteiger partial charge in [-0.3, -0.25) is 9.97 Å². The molecule has 0 atom stereocenters. The van der Waals surface area contributed by atoms with E-state index in [-0.39, 0.29) is 35.5 Å². The van der Waals surface area contributed by atoms with Crippen LogP contribution >= 0.6 is 45.3 Å². The average Bonchev–Trinajstić information content (AvgIpc) is 1.08. The number of fused-ring (bicyclic) bond motifs is 4. The summed E-state index contributed by atoms with van der Waals surface area (Å²) in [6.45, 7) is 3.77. The summed E-state index contributed by atoms with van der Waals surface area (Å²) in [6.07, 6.45) is 8.72. The summed E-state index contributed by atoms with van der Waals surface area (Å²) in [5, 5.41) is 2.16. The van der Waals surface area contributed by atoms with Gasteiger partial charge in [-0.05, 0) is 111 Å². The van der Waals surface area contributed by atoms with E-state index in [0.29, 0.717) is 60.6 Å². The molecule has 0 fully saturated rings. The molecule has 0 aliphatic carbocycles. The highest BCUT2D eigenvalue weighted by molar-refractivity contribution is 7.23. The van der Waals surface area contributed by atoms with Gasteiger partial charge < -0.3 is 60.1 Å². The number of terminal acetylenes is 1. The Balaban J connectivity index is 0.000000148. The third-order valence-corrected chi connectivity index (χ3v) is 16.3. The minimum atomic E-state index is 0.000285. The molecular weight excluding hydrogens is 1270 g/mol. The fourth-order valence-electron chi connectivity index (χ4n) is 8.28. The zero-order valence-electron chi connectivity index (χ0n) is 51.0. The molecule has 12 rings (SSSR count). The number of nitrogens with zero attached hydrogens (tertiary/aromatic N) is 14. The first-order chi connectivity index (χ1) is 45.4. The van der Waals surface area contributed by atoms with Crippen molar-refractivity contribution < 1.29 is 14.2 Å². The van der Waals surface area contributed by atoms with Crippen molar-refractivity contribution in [1.29, 1.82) is 0 Å². The number of methoxy groups -OCH3 is 3. The highest BCUT2D eigenvalue weighted by Crippen LogP contribution is 2.38. The Morgan fingerprint density at radius 3 is 1.00 bits per heavy atom. The van der Waals surface area contributed by atoms with Crippen molar-refractivity contribution >= 4 is 154 Å². The molecule has 29 heteroatoms. The van der Waals surface area contributed by atoms with E-state index in [1.165, 1.54) is 66.7 Å². The molecule has 0 amide bonds. The second-order valence-electron chi connectivity index (χ2n) is 19.2. The normalized spacial score (nSPS) is 12.5. The summed E-state index contributed by atoms with van der Waals surface area (Å²) in [7, 11) is 4.58. The third-order valence-electron chi connectivity index (χ3n) is 12.6. The first kappa shape index (κ1) is 66.3. The monoisotopic (exact) mass is 1320 g/mol. The minimum Gasteiger partial charge on any atom is -0.493 e. The van der Waals surface area contributed by atoms with E-state index in [2.05, 4.69) is 75.8 Å². The molecule has 6 aromatic heterocycles. The zero-order valence-corrected chi connectivity index (χ0v) is 54.2. The second kappa shape index (κ2) is 31.6. The van der Waals surface area contributed by atoms with Crippen molar-refractivity contribution in [2.75, 3.05) is 21.3 Å². The van der Waals surface area contributed by atoms with E-state index in [0.717, 1.165) is 68.9 Å². The molecule has 6 aromatic carbocycles. The molecule has 12 aromatic rings. The SMILES string of the molecule is C#Cc1cccc(C(N)=NC(N)=Nc2nc3ccccc3s2)c1.COc1cc(C(N)=NC(N)=Nc2nc3ccccc3s2)cc(OC)c1OC.Cc1cc(C(N)=NC(N)=Nc2nc3ccccc3s2)ccn1.Cc1cc(C(N)=NC(N)=Nc2nc3ccccc3s2)ccn1. The van der Waals surface area contributed by atoms with Crippen LogP contribution in [0.2, 0.25) is 0 Å². The molecule has 0 aliphatic rings. The first-order valence-electron chi connectivity index (χ1n) is 27.8. The quantitative estimate of drug-likeness (QED) is 0.0339. The molecule has 0 unspecified atom stereocenters. The van der Waals surface area contributed by atoms with Crippen molar-refractivity contribution in [2.45, 2.75) is 13.8 Å². The number of hydrogen-bond acceptors (Lipinski definition) is 17. The number of amidine groups is 4. The van der Waals surface area contributed by atoms with Crippen molar-refractivity contribution in [2.24, 2.45) is 85.8 Å². The minimum absolute atomic E-state index is 0.000285. The third kappa shape index (κ3) is 18.1. The van der Waals surface area contributed by atoms with Gasteiger partial charge in [-0.2, -0.15) is 39.9 Å². The molecule has 25 nitrogen and oxygen atoms in total. The van der Waals surface area contributed by atoms with Crippen molar-refractivity contribution in [3.05, 3.63) is 209 Å². The Morgan fingerprint density at radius 1 is 0.383 bits per heavy atom. The topological polar surface area (TPSA) is 412 Å². The van der Waals surface area contributed by atoms with Crippen LogP contribution in [0, 0.1) is 26.2 Å². The van der Waals surface area contributed by atoms with Crippen molar-refractivity contribution in [3.8, 4) is 29.6 Å². The van der Waals surface area contributed by atoms with Crippen molar-refractivity contribution in [1.82, 2.24) is 29.9 Å². The maximum atomic E-state index is 6.08. The highest BCUT2D eigenvalue weighted by atomic mass is 32.1. The lowest BCUT2D eigenvalue weighted by Crippen LogP contribution is -2.19. The van der Waals surface area contributed by atoms with E-state index < -0.39 is 0 Å². The zero-order chi connectivity index (χ0) is 66.7. The summed E-state index contributed by atoms with van der Waals surface area (Å²) in [5.41, 5.74) is 56.1. The van der Waals surface area contributed by atoms with Gasteiger partial charge in [0.25, 0.3) is 0 Å². The lowest BCUT2D eigenvalue weighted by molar-refractivity contribution is 0.324. The number of guanidine groups is 4. The number of thiazole rings is 4. The largest absolute Gasteiger partial charge is 0.493 e. The molecule has 6 heterocycles. The van der Waals surface area contributed by atoms with Crippen LogP contribution in [0.15, 0.2) is 210 Å². The summed E-state index contributed by atoms with van der Waals surface area (Å²) in [4.78, 5) is 59.1. The van der Waals surface area contributed by atoms with E-state index in [9.17, 15) is 0 Å². The number of aliphatic imine (C=N–C) groups is 8. The number of para-hydroxylation sites is 4. The summed E-state index contributed by atoms with van der Waals surface area (Å²) < 4.78 is 20.1. The molecular formula is C65H60N22O3S4. The number of pyridine rings is 2. The number of aryl methyl sites for hydroxylation is 2. The fraction of sp³-hybridized carbons (Fsp3) is 0.0769. The summed E-state index contributed by atoms with van der Waals surface area (Å²) in [6, 6.07) is 48.9. The van der Waals surface area contributed by atoms with Gasteiger partial charge in [0, 0.05) is 51.6 Å². The molecule has 472 valence electrons. The Kier molecular flexibility index (Phi) is 22.3. The van der Waals surface area contributed by atoms with Crippen LogP contribution in [0.4, 0.5) is 20.5 Å². The molecule has 94 heavy (non-hydrogen) atoms. The number of nitrogens with two attached hydrogens (primary N) is 8. The van der Waals surface area contributed by atoms with Gasteiger partial charge in [-0.15, -0.1) is 6.42 Å². The standard InChI is InChI=1S/C18H19N5O3S.C17H13N5S.2C15H14N6S/c1-24-12-8-10(9-13(25-2)15(12)26-3)16(19)22-17(20)23-18-21-11-6-4-5-7-14(11)27-18;1-2-11-6-5-7-12(10-11)15(18)21-16(19)22-17-20-13-8-3-4-9-14(13)23-17;2*1-9-8-10(6-7-18-9)13(16)20-14(17)21-15-19-11-4-2-3-5-12(11)22-15/h4-9H,1-3H3,(H4,19,20,21,22,23);1,3-10H,(H4,18,19,20,21,22);2*2-8H,1H3,(H4,16,17,19,20,21). The summed E-state index contributed by atoms with van der Waals surface area (Å²) in [5.74, 6) is 5.16. The van der Waals surface area contributed by atoms with Crippen LogP contribution in [0.5, 0.6) is 17.2 Å². The number of aromatic nitrogens is 6. The van der Waals surface area contributed by atoms with Gasteiger partial charge in [0.05, 0.1) is 62.2 Å². The summed E-state index contributed by atoms with van der Waals surface area (Å²) >= 11 is 5.76. The predicted molar refractivity (Wildman–Crippen MR) is 385 cm³/mol. The Labute approximate surface area is 554 Å². The fourth-order valence-corrected chi connectivity index (χ4v) is 11.7. The number of ether oxygens (including phenoxy) is 3. The maximum absolute atomic E-state index is 6.08. The van der Waals surface area contributed by atoms with Crippen LogP contribution in [0.3, 0.4) is 0 Å². The van der Waals surface area contributed by atoms with E-state index in [1.807, 2.05) is 141 Å². The van der Waals surface area contributed by atoms with E-state index in [1.54, 1.807) is 42.7 Å². The van der Waals surface area contributed by atoms with E-state index >= 15 is 0 Å². The van der Waals surface area contributed by atoms with Crippen molar-refractivity contribution in [3.63, 3.8) is 0 Å². The van der Waals surface area contributed by atoms with Crippen LogP contribution in [0.1, 0.15) is 39.2 Å².